The van der Waals surface area contributed by atoms with Crippen molar-refractivity contribution in [2.24, 2.45) is 0 Å². The van der Waals surface area contributed by atoms with Gasteiger partial charge >= 0.3 is 0 Å². The molecule has 1 aromatic carbocycles. The fraction of sp³-hybridized carbons (Fsp3) is 0.381. The molecule has 0 radical (unpaired) electrons. The molecular weight excluding hydrogens is 326 g/mol. The summed E-state index contributed by atoms with van der Waals surface area (Å²) in [6.07, 6.45) is 4.60. The number of aryl methyl sites for hydroxylation is 3. The SMILES string of the molecule is CCCCCNC(=O)c1cc(C(=O)Nc2c(C)cc(C)cc2C)ccn1. The van der Waals surface area contributed by atoms with E-state index in [0.29, 0.717) is 12.1 Å². The Morgan fingerprint density at radius 3 is 2.35 bits per heavy atom. The molecule has 5 nitrogen and oxygen atoms in total. The molecule has 2 N–H and O–H groups in total. The summed E-state index contributed by atoms with van der Waals surface area (Å²) in [5.41, 5.74) is 4.66. The van der Waals surface area contributed by atoms with E-state index in [-0.39, 0.29) is 17.5 Å². The molecule has 138 valence electrons. The lowest BCUT2D eigenvalue weighted by molar-refractivity contribution is 0.0948. The zero-order chi connectivity index (χ0) is 19.1. The van der Waals surface area contributed by atoms with E-state index in [1.54, 1.807) is 6.07 Å². The van der Waals surface area contributed by atoms with Crippen LogP contribution in [0.5, 0.6) is 0 Å². The van der Waals surface area contributed by atoms with Crippen LogP contribution in [-0.2, 0) is 0 Å². The van der Waals surface area contributed by atoms with Gasteiger partial charge in [-0.15, -0.1) is 0 Å². The Bertz CT molecular complexity index is 777. The molecule has 0 aliphatic heterocycles. The van der Waals surface area contributed by atoms with E-state index >= 15 is 0 Å². The topological polar surface area (TPSA) is 71.1 Å². The molecule has 0 atom stereocenters. The molecule has 0 saturated carbocycles. The number of anilines is 1. The Labute approximate surface area is 155 Å². The van der Waals surface area contributed by atoms with E-state index in [4.69, 9.17) is 0 Å². The fourth-order valence-corrected chi connectivity index (χ4v) is 2.93. The average molecular weight is 353 g/mol. The predicted molar refractivity (Wildman–Crippen MR) is 105 cm³/mol. The predicted octanol–water partition coefficient (Wildman–Crippen LogP) is 4.18. The van der Waals surface area contributed by atoms with Gasteiger partial charge in [0.1, 0.15) is 5.69 Å². The Kier molecular flexibility index (Phi) is 6.89. The number of hydrogen-bond acceptors (Lipinski definition) is 3. The zero-order valence-corrected chi connectivity index (χ0v) is 16.0. The Hall–Kier alpha value is -2.69. The first kappa shape index (κ1) is 19.6. The summed E-state index contributed by atoms with van der Waals surface area (Å²) in [6.45, 7) is 8.70. The molecule has 0 aliphatic rings. The van der Waals surface area contributed by atoms with Gasteiger partial charge in [0.05, 0.1) is 0 Å². The highest BCUT2D eigenvalue weighted by molar-refractivity contribution is 6.06. The summed E-state index contributed by atoms with van der Waals surface area (Å²) in [7, 11) is 0. The van der Waals surface area contributed by atoms with Crippen LogP contribution in [0.25, 0.3) is 0 Å². The van der Waals surface area contributed by atoms with Crippen molar-refractivity contribution in [2.45, 2.75) is 47.0 Å². The standard InChI is InChI=1S/C21H27N3O2/c1-5-6-7-9-23-21(26)18-13-17(8-10-22-18)20(25)24-19-15(3)11-14(2)12-16(19)4/h8,10-13H,5-7,9H2,1-4H3,(H,23,26)(H,24,25). The number of pyridine rings is 1. The van der Waals surface area contributed by atoms with Crippen molar-refractivity contribution in [1.29, 1.82) is 0 Å². The van der Waals surface area contributed by atoms with Crippen LogP contribution in [0.3, 0.4) is 0 Å². The third-order valence-corrected chi connectivity index (χ3v) is 4.24. The number of hydrogen-bond donors (Lipinski definition) is 2. The first-order valence-electron chi connectivity index (χ1n) is 9.05. The van der Waals surface area contributed by atoms with Gasteiger partial charge in [-0.1, -0.05) is 37.5 Å². The fourth-order valence-electron chi connectivity index (χ4n) is 2.93. The van der Waals surface area contributed by atoms with Crippen LogP contribution >= 0.6 is 0 Å². The number of carbonyl (C=O) groups is 2. The molecule has 0 aliphatic carbocycles. The summed E-state index contributed by atoms with van der Waals surface area (Å²) in [5, 5.41) is 5.79. The number of rotatable bonds is 7. The second kappa shape index (κ2) is 9.13. The lowest BCUT2D eigenvalue weighted by Gasteiger charge is -2.13. The smallest absolute Gasteiger partial charge is 0.269 e. The lowest BCUT2D eigenvalue weighted by Crippen LogP contribution is -2.26. The van der Waals surface area contributed by atoms with Crippen molar-refractivity contribution >= 4 is 17.5 Å². The summed E-state index contributed by atoms with van der Waals surface area (Å²) >= 11 is 0. The highest BCUT2D eigenvalue weighted by Gasteiger charge is 2.13. The van der Waals surface area contributed by atoms with Gasteiger partial charge in [0.15, 0.2) is 0 Å². The number of unbranched alkanes of at least 4 members (excludes halogenated alkanes) is 2. The molecule has 1 heterocycles. The summed E-state index contributed by atoms with van der Waals surface area (Å²) in [4.78, 5) is 28.9. The molecule has 26 heavy (non-hydrogen) atoms. The molecule has 2 aromatic rings. The Balaban J connectivity index is 2.10. The third kappa shape index (κ3) is 5.15. The van der Waals surface area contributed by atoms with Gasteiger partial charge in [-0.05, 0) is 50.5 Å². The van der Waals surface area contributed by atoms with Crippen LogP contribution in [0.15, 0.2) is 30.5 Å². The number of carbonyl (C=O) groups excluding carboxylic acids is 2. The van der Waals surface area contributed by atoms with Crippen molar-refractivity contribution in [1.82, 2.24) is 10.3 Å². The van der Waals surface area contributed by atoms with Crippen LogP contribution in [0, 0.1) is 20.8 Å². The summed E-state index contributed by atoms with van der Waals surface area (Å²) in [5.74, 6) is -0.499. The van der Waals surface area contributed by atoms with Crippen LogP contribution in [0.2, 0.25) is 0 Å². The monoisotopic (exact) mass is 353 g/mol. The Morgan fingerprint density at radius 1 is 1.00 bits per heavy atom. The molecule has 2 amide bonds. The average Bonchev–Trinajstić information content (AvgIpc) is 2.61. The highest BCUT2D eigenvalue weighted by Crippen LogP contribution is 2.22. The highest BCUT2D eigenvalue weighted by atomic mass is 16.2. The molecular formula is C21H27N3O2. The minimum atomic E-state index is -0.251. The van der Waals surface area contributed by atoms with Crippen LogP contribution < -0.4 is 10.6 Å². The lowest BCUT2D eigenvalue weighted by atomic mass is 10.0. The number of nitrogens with one attached hydrogen (secondary N) is 2. The van der Waals surface area contributed by atoms with Crippen LogP contribution in [0.1, 0.15) is 63.7 Å². The maximum atomic E-state index is 12.6. The number of aromatic nitrogens is 1. The first-order valence-corrected chi connectivity index (χ1v) is 9.05. The van der Waals surface area contributed by atoms with Crippen molar-refractivity contribution in [3.05, 3.63) is 58.4 Å². The second-order valence-corrected chi connectivity index (χ2v) is 6.62. The van der Waals surface area contributed by atoms with Gasteiger partial charge in [-0.2, -0.15) is 0 Å². The van der Waals surface area contributed by atoms with Crippen LogP contribution in [-0.4, -0.2) is 23.3 Å². The number of nitrogens with zero attached hydrogens (tertiary/aromatic N) is 1. The van der Waals surface area contributed by atoms with Gasteiger partial charge in [-0.25, -0.2) is 0 Å². The van der Waals surface area contributed by atoms with Gasteiger partial charge in [0.25, 0.3) is 11.8 Å². The minimum Gasteiger partial charge on any atom is -0.351 e. The molecule has 2 rings (SSSR count). The molecule has 5 heteroatoms. The van der Waals surface area contributed by atoms with Gasteiger partial charge in [0.2, 0.25) is 0 Å². The first-order chi connectivity index (χ1) is 12.4. The van der Waals surface area contributed by atoms with E-state index in [2.05, 4.69) is 22.5 Å². The van der Waals surface area contributed by atoms with Gasteiger partial charge < -0.3 is 10.6 Å². The van der Waals surface area contributed by atoms with Crippen molar-refractivity contribution in [3.63, 3.8) is 0 Å². The van der Waals surface area contributed by atoms with Gasteiger partial charge in [-0.3, -0.25) is 14.6 Å². The van der Waals surface area contributed by atoms with E-state index in [1.165, 1.54) is 12.3 Å². The third-order valence-electron chi connectivity index (χ3n) is 4.24. The number of amides is 2. The van der Waals surface area contributed by atoms with Crippen LogP contribution in [0.4, 0.5) is 5.69 Å². The largest absolute Gasteiger partial charge is 0.351 e. The second-order valence-electron chi connectivity index (χ2n) is 6.62. The molecule has 0 fully saturated rings. The Morgan fingerprint density at radius 2 is 1.69 bits per heavy atom. The van der Waals surface area contributed by atoms with E-state index in [9.17, 15) is 9.59 Å². The van der Waals surface area contributed by atoms with Gasteiger partial charge in [0, 0.05) is 24.0 Å². The molecule has 0 spiro atoms. The molecule has 0 bridgehead atoms. The maximum absolute atomic E-state index is 12.6. The molecule has 1 aromatic heterocycles. The van der Waals surface area contributed by atoms with Crippen molar-refractivity contribution < 1.29 is 9.59 Å². The van der Waals surface area contributed by atoms with Crippen molar-refractivity contribution in [3.8, 4) is 0 Å². The van der Waals surface area contributed by atoms with Crippen molar-refractivity contribution in [2.75, 3.05) is 11.9 Å². The normalized spacial score (nSPS) is 10.5. The number of benzene rings is 1. The molecule has 0 saturated heterocycles. The summed E-state index contributed by atoms with van der Waals surface area (Å²) < 4.78 is 0. The zero-order valence-electron chi connectivity index (χ0n) is 16.0. The summed E-state index contributed by atoms with van der Waals surface area (Å²) in [6, 6.07) is 7.21. The molecule has 0 unspecified atom stereocenters. The van der Waals surface area contributed by atoms with E-state index in [0.717, 1.165) is 41.6 Å². The quantitative estimate of drug-likeness (QED) is 0.734. The maximum Gasteiger partial charge on any atom is 0.269 e. The van der Waals surface area contributed by atoms with E-state index in [1.807, 2.05) is 32.9 Å². The minimum absolute atomic E-state index is 0.248. The van der Waals surface area contributed by atoms with E-state index < -0.39 is 0 Å².